The van der Waals surface area contributed by atoms with E-state index in [1.807, 2.05) is 13.1 Å². The van der Waals surface area contributed by atoms with Crippen LogP contribution in [0.2, 0.25) is 0 Å². The second-order valence-electron chi connectivity index (χ2n) is 4.66. The largest absolute Gasteiger partial charge is 0.506 e. The van der Waals surface area contributed by atoms with Gasteiger partial charge in [0.2, 0.25) is 0 Å². The van der Waals surface area contributed by atoms with E-state index in [2.05, 4.69) is 25.2 Å². The van der Waals surface area contributed by atoms with Gasteiger partial charge < -0.3 is 10.4 Å². The van der Waals surface area contributed by atoms with Crippen LogP contribution in [0.1, 0.15) is 31.4 Å². The molecule has 1 aliphatic rings. The van der Waals surface area contributed by atoms with Gasteiger partial charge in [-0.25, -0.2) is 0 Å². The molecule has 0 bridgehead atoms. The van der Waals surface area contributed by atoms with Crippen LogP contribution in [-0.4, -0.2) is 12.2 Å². The van der Waals surface area contributed by atoms with Crippen molar-refractivity contribution in [3.05, 3.63) is 23.3 Å². The third-order valence-corrected chi connectivity index (χ3v) is 3.24. The maximum Gasteiger partial charge on any atom is 0.138 e. The summed E-state index contributed by atoms with van der Waals surface area (Å²) in [6.45, 7) is 4.52. The number of rotatable bonds is 1. The zero-order valence-electron chi connectivity index (χ0n) is 9.02. The first-order chi connectivity index (χ1) is 6.54. The molecule has 1 aromatic rings. The lowest BCUT2D eigenvalue weighted by Crippen LogP contribution is -2.12. The quantitative estimate of drug-likeness (QED) is 0.669. The fraction of sp³-hybridized carbons (Fsp3) is 0.500. The summed E-state index contributed by atoms with van der Waals surface area (Å²) in [7, 11) is 1.84. The molecule has 1 aliphatic carbocycles. The number of aryl methyl sites for hydroxylation is 1. The fourth-order valence-corrected chi connectivity index (χ4v) is 2.25. The summed E-state index contributed by atoms with van der Waals surface area (Å²) in [5.41, 5.74) is 3.76. The number of phenols is 1. The Morgan fingerprint density at radius 3 is 2.71 bits per heavy atom. The number of benzene rings is 1. The Labute approximate surface area is 85.0 Å². The van der Waals surface area contributed by atoms with E-state index < -0.39 is 0 Å². The average molecular weight is 191 g/mol. The van der Waals surface area contributed by atoms with Crippen molar-refractivity contribution in [2.45, 2.75) is 32.1 Å². The smallest absolute Gasteiger partial charge is 0.138 e. The van der Waals surface area contributed by atoms with Gasteiger partial charge in [0.15, 0.2) is 0 Å². The van der Waals surface area contributed by atoms with Crippen LogP contribution in [-0.2, 0) is 11.8 Å². The van der Waals surface area contributed by atoms with Crippen molar-refractivity contribution >= 4 is 5.69 Å². The van der Waals surface area contributed by atoms with Gasteiger partial charge in [-0.1, -0.05) is 13.8 Å². The topological polar surface area (TPSA) is 32.3 Å². The van der Waals surface area contributed by atoms with E-state index in [4.69, 9.17) is 0 Å². The van der Waals surface area contributed by atoms with Crippen LogP contribution in [0.5, 0.6) is 5.75 Å². The van der Waals surface area contributed by atoms with Crippen molar-refractivity contribution in [2.24, 2.45) is 0 Å². The second-order valence-corrected chi connectivity index (χ2v) is 4.66. The third-order valence-electron chi connectivity index (χ3n) is 3.24. The summed E-state index contributed by atoms with van der Waals surface area (Å²) in [6, 6.07) is 3.98. The fourth-order valence-electron chi connectivity index (χ4n) is 2.25. The third kappa shape index (κ3) is 1.26. The number of anilines is 1. The maximum absolute atomic E-state index is 9.68. The minimum absolute atomic E-state index is 0.259. The summed E-state index contributed by atoms with van der Waals surface area (Å²) in [4.78, 5) is 0. The average Bonchev–Trinajstić information content (AvgIpc) is 2.41. The van der Waals surface area contributed by atoms with Gasteiger partial charge in [-0.15, -0.1) is 0 Å². The first-order valence-corrected chi connectivity index (χ1v) is 5.09. The maximum atomic E-state index is 9.68. The predicted octanol–water partition coefficient (Wildman–Crippen LogP) is 2.66. The van der Waals surface area contributed by atoms with Gasteiger partial charge in [0.05, 0.1) is 5.69 Å². The molecule has 0 spiro atoms. The molecule has 0 aliphatic heterocycles. The molecule has 76 valence electrons. The van der Waals surface area contributed by atoms with Crippen molar-refractivity contribution in [1.82, 2.24) is 0 Å². The predicted molar refractivity (Wildman–Crippen MR) is 59.0 cm³/mol. The van der Waals surface area contributed by atoms with E-state index in [1.54, 1.807) is 0 Å². The van der Waals surface area contributed by atoms with E-state index in [-0.39, 0.29) is 5.41 Å². The summed E-state index contributed by atoms with van der Waals surface area (Å²) in [6.07, 6.45) is 2.26. The van der Waals surface area contributed by atoms with Gasteiger partial charge in [0, 0.05) is 7.05 Å². The number of hydrogen-bond donors (Lipinski definition) is 2. The van der Waals surface area contributed by atoms with Crippen molar-refractivity contribution < 1.29 is 5.11 Å². The Bertz CT molecular complexity index is 369. The molecule has 0 unspecified atom stereocenters. The minimum Gasteiger partial charge on any atom is -0.506 e. The summed E-state index contributed by atoms with van der Waals surface area (Å²) in [5.74, 6) is 0.365. The number of hydrogen-bond acceptors (Lipinski definition) is 2. The molecule has 0 fully saturated rings. The molecule has 14 heavy (non-hydrogen) atoms. The molecular weight excluding hydrogens is 174 g/mol. The minimum atomic E-state index is 0.259. The molecule has 2 nitrogen and oxygen atoms in total. The highest BCUT2D eigenvalue weighted by Gasteiger charge is 2.30. The molecule has 0 atom stereocenters. The van der Waals surface area contributed by atoms with Gasteiger partial charge >= 0.3 is 0 Å². The highest BCUT2D eigenvalue weighted by molar-refractivity contribution is 5.61. The number of nitrogens with one attached hydrogen (secondary N) is 1. The molecule has 0 saturated carbocycles. The van der Waals surface area contributed by atoms with Crippen molar-refractivity contribution in [3.63, 3.8) is 0 Å². The van der Waals surface area contributed by atoms with Gasteiger partial charge in [0.1, 0.15) is 5.75 Å². The van der Waals surface area contributed by atoms with Crippen LogP contribution in [0, 0.1) is 0 Å². The molecule has 2 rings (SSSR count). The molecule has 0 heterocycles. The van der Waals surface area contributed by atoms with Crippen LogP contribution in [0.3, 0.4) is 0 Å². The Hall–Kier alpha value is -1.18. The highest BCUT2D eigenvalue weighted by atomic mass is 16.3. The van der Waals surface area contributed by atoms with Crippen molar-refractivity contribution in [2.75, 3.05) is 12.4 Å². The van der Waals surface area contributed by atoms with Gasteiger partial charge in [0.25, 0.3) is 0 Å². The Balaban J connectivity index is 2.56. The molecule has 0 amide bonds. The molecule has 1 aromatic carbocycles. The van der Waals surface area contributed by atoms with Crippen molar-refractivity contribution in [3.8, 4) is 5.75 Å². The number of phenolic OH excluding ortho intramolecular Hbond substituents is 1. The van der Waals surface area contributed by atoms with Crippen LogP contribution in [0.25, 0.3) is 0 Å². The number of fused-ring (bicyclic) bond motifs is 1. The van der Waals surface area contributed by atoms with E-state index in [1.165, 1.54) is 17.5 Å². The highest BCUT2D eigenvalue weighted by Crippen LogP contribution is 2.42. The molecule has 0 aromatic heterocycles. The lowest BCUT2D eigenvalue weighted by Gasteiger charge is -2.19. The van der Waals surface area contributed by atoms with E-state index >= 15 is 0 Å². The molecule has 0 saturated heterocycles. The van der Waals surface area contributed by atoms with Gasteiger partial charge in [-0.05, 0) is 41.5 Å². The van der Waals surface area contributed by atoms with Crippen LogP contribution in [0.15, 0.2) is 12.1 Å². The standard InChI is InChI=1S/C12H17NO/c1-12(2)5-4-8-6-11(14)10(13-3)7-9(8)12/h6-7,13-14H,4-5H2,1-3H3. The van der Waals surface area contributed by atoms with Crippen molar-refractivity contribution in [1.29, 1.82) is 0 Å². The summed E-state index contributed by atoms with van der Waals surface area (Å²) < 4.78 is 0. The Morgan fingerprint density at radius 2 is 2.07 bits per heavy atom. The Kier molecular flexibility index (Phi) is 1.95. The SMILES string of the molecule is CNc1cc2c(cc1O)CCC2(C)C. The Morgan fingerprint density at radius 1 is 1.36 bits per heavy atom. The summed E-state index contributed by atoms with van der Waals surface area (Å²) >= 11 is 0. The normalized spacial score (nSPS) is 17.9. The van der Waals surface area contributed by atoms with E-state index in [0.717, 1.165) is 12.1 Å². The second kappa shape index (κ2) is 2.91. The van der Waals surface area contributed by atoms with Crippen LogP contribution >= 0.6 is 0 Å². The lowest BCUT2D eigenvalue weighted by atomic mass is 9.86. The first kappa shape index (κ1) is 9.38. The first-order valence-electron chi connectivity index (χ1n) is 5.09. The zero-order valence-corrected chi connectivity index (χ0v) is 9.02. The van der Waals surface area contributed by atoms with Crippen LogP contribution in [0.4, 0.5) is 5.69 Å². The van der Waals surface area contributed by atoms with Crippen LogP contribution < -0.4 is 5.32 Å². The molecular formula is C12H17NO. The number of aromatic hydroxyl groups is 1. The van der Waals surface area contributed by atoms with E-state index in [9.17, 15) is 5.11 Å². The monoisotopic (exact) mass is 191 g/mol. The zero-order chi connectivity index (χ0) is 10.3. The van der Waals surface area contributed by atoms with Gasteiger partial charge in [-0.2, -0.15) is 0 Å². The summed E-state index contributed by atoms with van der Waals surface area (Å²) in [5, 5.41) is 12.7. The van der Waals surface area contributed by atoms with Gasteiger partial charge in [-0.3, -0.25) is 0 Å². The molecule has 2 heteroatoms. The van der Waals surface area contributed by atoms with E-state index in [0.29, 0.717) is 5.75 Å². The molecule has 0 radical (unpaired) electrons. The lowest BCUT2D eigenvalue weighted by molar-refractivity contribution is 0.476. The molecule has 2 N–H and O–H groups in total.